The van der Waals surface area contributed by atoms with E-state index >= 15 is 0 Å². The van der Waals surface area contributed by atoms with Crippen LogP contribution in [-0.4, -0.2) is 17.9 Å². The van der Waals surface area contributed by atoms with Gasteiger partial charge in [0.15, 0.2) is 0 Å². The van der Waals surface area contributed by atoms with Gasteiger partial charge in [-0.15, -0.1) is 0 Å². The monoisotopic (exact) mass is 322 g/mol. The molecule has 1 unspecified atom stereocenters. The Morgan fingerprint density at radius 2 is 1.75 bits per heavy atom. The lowest BCUT2D eigenvalue weighted by molar-refractivity contribution is -0.126. The molecule has 3 N–H and O–H groups in total. The van der Waals surface area contributed by atoms with Crippen molar-refractivity contribution in [1.29, 1.82) is 0 Å². The summed E-state index contributed by atoms with van der Waals surface area (Å²) in [5.74, 6) is -0.757. The summed E-state index contributed by atoms with van der Waals surface area (Å²) in [6, 6.07) is 16.8. The van der Waals surface area contributed by atoms with Crippen molar-refractivity contribution in [3.05, 3.63) is 77.4 Å². The molecule has 0 aliphatic carbocycles. The standard InChI is InChI=1S/C20H22N2O2/c1-15-10-12-16(13-11-15)8-5-9-19(23)22-18(20(21)24)14-17-6-3-2-4-7-17/h2-8,10-13,18H,9,14H2,1H3,(H2,21,24)(H,22,23). The minimum absolute atomic E-state index is 0.201. The lowest BCUT2D eigenvalue weighted by atomic mass is 10.1. The van der Waals surface area contributed by atoms with E-state index in [2.05, 4.69) is 5.32 Å². The molecule has 0 aromatic heterocycles. The third-order valence-electron chi connectivity index (χ3n) is 3.65. The van der Waals surface area contributed by atoms with Crippen LogP contribution < -0.4 is 11.1 Å². The fourth-order valence-electron chi connectivity index (χ4n) is 2.31. The van der Waals surface area contributed by atoms with Gasteiger partial charge in [-0.3, -0.25) is 9.59 Å². The molecule has 0 spiro atoms. The molecule has 2 aromatic rings. The van der Waals surface area contributed by atoms with Crippen molar-refractivity contribution in [3.8, 4) is 0 Å². The van der Waals surface area contributed by atoms with Gasteiger partial charge in [0, 0.05) is 12.8 Å². The molecule has 2 amide bonds. The number of amides is 2. The quantitative estimate of drug-likeness (QED) is 0.822. The highest BCUT2D eigenvalue weighted by Crippen LogP contribution is 2.06. The molecule has 0 bridgehead atoms. The van der Waals surface area contributed by atoms with Gasteiger partial charge in [0.1, 0.15) is 6.04 Å². The zero-order chi connectivity index (χ0) is 17.4. The van der Waals surface area contributed by atoms with Gasteiger partial charge in [-0.2, -0.15) is 0 Å². The number of carbonyl (C=O) groups is 2. The fourth-order valence-corrected chi connectivity index (χ4v) is 2.31. The summed E-state index contributed by atoms with van der Waals surface area (Å²) in [7, 11) is 0. The number of nitrogens with two attached hydrogens (primary N) is 1. The average molecular weight is 322 g/mol. The normalized spacial score (nSPS) is 12.0. The Morgan fingerprint density at radius 1 is 1.08 bits per heavy atom. The number of hydrogen-bond donors (Lipinski definition) is 2. The second kappa shape index (κ2) is 8.67. The van der Waals surface area contributed by atoms with Crippen LogP contribution in [0.2, 0.25) is 0 Å². The smallest absolute Gasteiger partial charge is 0.240 e. The van der Waals surface area contributed by atoms with Crippen LogP contribution in [0, 0.1) is 6.92 Å². The van der Waals surface area contributed by atoms with Crippen molar-refractivity contribution < 1.29 is 9.59 Å². The van der Waals surface area contributed by atoms with Gasteiger partial charge < -0.3 is 11.1 Å². The molecule has 2 aromatic carbocycles. The number of nitrogens with one attached hydrogen (secondary N) is 1. The largest absolute Gasteiger partial charge is 0.368 e. The average Bonchev–Trinajstić information content (AvgIpc) is 2.57. The third-order valence-corrected chi connectivity index (χ3v) is 3.65. The topological polar surface area (TPSA) is 72.2 Å². The molecule has 4 nitrogen and oxygen atoms in total. The van der Waals surface area contributed by atoms with Gasteiger partial charge >= 0.3 is 0 Å². The summed E-state index contributed by atoms with van der Waals surface area (Å²) in [6.07, 6.45) is 4.26. The van der Waals surface area contributed by atoms with Gasteiger partial charge in [0.05, 0.1) is 0 Å². The van der Waals surface area contributed by atoms with Gasteiger partial charge in [-0.05, 0) is 18.1 Å². The zero-order valence-corrected chi connectivity index (χ0v) is 13.7. The van der Waals surface area contributed by atoms with E-state index in [9.17, 15) is 9.59 Å². The Hall–Kier alpha value is -2.88. The number of benzene rings is 2. The maximum absolute atomic E-state index is 12.0. The lowest BCUT2D eigenvalue weighted by Crippen LogP contribution is -2.45. The summed E-state index contributed by atoms with van der Waals surface area (Å²) < 4.78 is 0. The SMILES string of the molecule is Cc1ccc(C=CCC(=O)NC(Cc2ccccc2)C(N)=O)cc1. The van der Waals surface area contributed by atoms with Crippen LogP contribution >= 0.6 is 0 Å². The van der Waals surface area contributed by atoms with E-state index < -0.39 is 11.9 Å². The molecule has 0 aliphatic rings. The van der Waals surface area contributed by atoms with Gasteiger partial charge in [0.2, 0.25) is 11.8 Å². The molecule has 0 saturated carbocycles. The van der Waals surface area contributed by atoms with Gasteiger partial charge in [0.25, 0.3) is 0 Å². The highest BCUT2D eigenvalue weighted by Gasteiger charge is 2.17. The van der Waals surface area contributed by atoms with E-state index in [-0.39, 0.29) is 12.3 Å². The maximum Gasteiger partial charge on any atom is 0.240 e. The molecular weight excluding hydrogens is 300 g/mol. The van der Waals surface area contributed by atoms with Crippen molar-refractivity contribution >= 4 is 17.9 Å². The summed E-state index contributed by atoms with van der Waals surface area (Å²) in [5.41, 5.74) is 8.57. The first-order chi connectivity index (χ1) is 11.5. The molecule has 24 heavy (non-hydrogen) atoms. The highest BCUT2D eigenvalue weighted by atomic mass is 16.2. The second-order valence-corrected chi connectivity index (χ2v) is 5.73. The van der Waals surface area contributed by atoms with E-state index in [0.717, 1.165) is 11.1 Å². The lowest BCUT2D eigenvalue weighted by Gasteiger charge is -2.15. The maximum atomic E-state index is 12.0. The van der Waals surface area contributed by atoms with E-state index in [0.29, 0.717) is 6.42 Å². The van der Waals surface area contributed by atoms with Crippen molar-refractivity contribution in [1.82, 2.24) is 5.32 Å². The van der Waals surface area contributed by atoms with Crippen molar-refractivity contribution in [3.63, 3.8) is 0 Å². The van der Waals surface area contributed by atoms with Crippen molar-refractivity contribution in [2.45, 2.75) is 25.8 Å². The van der Waals surface area contributed by atoms with Crippen LogP contribution in [0.5, 0.6) is 0 Å². The number of hydrogen-bond acceptors (Lipinski definition) is 2. The number of primary amides is 1. The number of rotatable bonds is 7. The predicted molar refractivity (Wildman–Crippen MR) is 96.1 cm³/mol. The van der Waals surface area contributed by atoms with E-state index in [4.69, 9.17) is 5.73 Å². The van der Waals surface area contributed by atoms with Crippen LogP contribution in [-0.2, 0) is 16.0 Å². The van der Waals surface area contributed by atoms with Gasteiger partial charge in [-0.25, -0.2) is 0 Å². The van der Waals surface area contributed by atoms with Gasteiger partial charge in [-0.1, -0.05) is 72.3 Å². The van der Waals surface area contributed by atoms with Crippen LogP contribution in [0.1, 0.15) is 23.1 Å². The number of aryl methyl sites for hydroxylation is 1. The summed E-state index contributed by atoms with van der Waals surface area (Å²) in [5, 5.41) is 2.70. The van der Waals surface area contributed by atoms with E-state index in [1.165, 1.54) is 5.56 Å². The molecular formula is C20H22N2O2. The predicted octanol–water partition coefficient (Wildman–Crippen LogP) is 2.61. The summed E-state index contributed by atoms with van der Waals surface area (Å²) >= 11 is 0. The molecule has 0 saturated heterocycles. The Balaban J connectivity index is 1.88. The van der Waals surface area contributed by atoms with Crippen molar-refractivity contribution in [2.24, 2.45) is 5.73 Å². The minimum atomic E-state index is -0.701. The molecule has 1 atom stereocenters. The molecule has 0 aliphatic heterocycles. The summed E-state index contributed by atoms with van der Waals surface area (Å²) in [6.45, 7) is 2.03. The molecule has 0 fully saturated rings. The first-order valence-electron chi connectivity index (χ1n) is 7.90. The third kappa shape index (κ3) is 5.72. The Bertz CT molecular complexity index is 706. The minimum Gasteiger partial charge on any atom is -0.368 e. The summed E-state index contributed by atoms with van der Waals surface area (Å²) in [4.78, 5) is 23.6. The van der Waals surface area contributed by atoms with Crippen LogP contribution in [0.25, 0.3) is 6.08 Å². The molecule has 124 valence electrons. The molecule has 2 rings (SSSR count). The van der Waals surface area contributed by atoms with E-state index in [1.54, 1.807) is 6.08 Å². The molecule has 0 heterocycles. The molecule has 4 heteroatoms. The molecule has 0 radical (unpaired) electrons. The second-order valence-electron chi connectivity index (χ2n) is 5.73. The Morgan fingerprint density at radius 3 is 2.38 bits per heavy atom. The Labute approximate surface area is 142 Å². The van der Waals surface area contributed by atoms with Crippen LogP contribution in [0.4, 0.5) is 0 Å². The zero-order valence-electron chi connectivity index (χ0n) is 13.7. The highest BCUT2D eigenvalue weighted by molar-refractivity contribution is 5.87. The van der Waals surface area contributed by atoms with Crippen LogP contribution in [0.15, 0.2) is 60.7 Å². The fraction of sp³-hybridized carbons (Fsp3) is 0.200. The van der Waals surface area contributed by atoms with Crippen molar-refractivity contribution in [2.75, 3.05) is 0 Å². The van der Waals surface area contributed by atoms with Crippen LogP contribution in [0.3, 0.4) is 0 Å². The first-order valence-corrected chi connectivity index (χ1v) is 7.90. The Kier molecular flexibility index (Phi) is 6.32. The number of carbonyl (C=O) groups excluding carboxylic acids is 2. The first kappa shape index (κ1) is 17.5. The van der Waals surface area contributed by atoms with E-state index in [1.807, 2.05) is 67.6 Å².